The van der Waals surface area contributed by atoms with Crippen LogP contribution in [0.3, 0.4) is 0 Å². The molecule has 0 radical (unpaired) electrons. The van der Waals surface area contributed by atoms with E-state index in [9.17, 15) is 13.2 Å². The van der Waals surface area contributed by atoms with Crippen LogP contribution in [0.4, 0.5) is 11.5 Å². The summed E-state index contributed by atoms with van der Waals surface area (Å²) in [5.41, 5.74) is 1.98. The third-order valence-electron chi connectivity index (χ3n) is 5.66. The first-order valence-electron chi connectivity index (χ1n) is 10.7. The molecular weight excluding hydrogens is 416 g/mol. The van der Waals surface area contributed by atoms with Crippen LogP contribution in [0.5, 0.6) is 0 Å². The third-order valence-corrected chi connectivity index (χ3v) is 7.53. The second-order valence-corrected chi connectivity index (χ2v) is 10.1. The molecule has 0 aromatic carbocycles. The summed E-state index contributed by atoms with van der Waals surface area (Å²) in [4.78, 5) is 27.9. The maximum Gasteiger partial charge on any atom is 0.271 e. The molecule has 4 rings (SSSR count). The molecular formula is C21H28N6O3S. The van der Waals surface area contributed by atoms with Crippen LogP contribution in [0.1, 0.15) is 60.9 Å². The second-order valence-electron chi connectivity index (χ2n) is 8.15. The lowest BCUT2D eigenvalue weighted by Crippen LogP contribution is -2.48. The van der Waals surface area contributed by atoms with E-state index in [2.05, 4.69) is 36.8 Å². The van der Waals surface area contributed by atoms with E-state index in [0.29, 0.717) is 30.3 Å². The van der Waals surface area contributed by atoms with Crippen LogP contribution in [-0.2, 0) is 16.6 Å². The second kappa shape index (κ2) is 8.78. The number of nitrogens with zero attached hydrogens (tertiary/aromatic N) is 4. The summed E-state index contributed by atoms with van der Waals surface area (Å²) in [5, 5.41) is 2.48. The van der Waals surface area contributed by atoms with Crippen molar-refractivity contribution < 1.29 is 13.2 Å². The van der Waals surface area contributed by atoms with Gasteiger partial charge in [0, 0.05) is 18.8 Å². The molecule has 9 nitrogen and oxygen atoms in total. The van der Waals surface area contributed by atoms with Crippen molar-refractivity contribution in [2.45, 2.75) is 63.8 Å². The number of nitrogens with one attached hydrogen (secondary N) is 2. The largest absolute Gasteiger partial charge is 0.352 e. The molecule has 0 spiro atoms. The van der Waals surface area contributed by atoms with Gasteiger partial charge in [-0.2, -0.15) is 0 Å². The number of sulfonamides is 1. The molecule has 2 aromatic rings. The molecule has 2 fully saturated rings. The molecule has 1 amide bonds. The Labute approximate surface area is 182 Å². The third kappa shape index (κ3) is 4.95. The summed E-state index contributed by atoms with van der Waals surface area (Å²) in [6.07, 6.45) is 7.84. The number of pyridine rings is 1. The highest BCUT2D eigenvalue weighted by molar-refractivity contribution is 7.93. The molecule has 0 bridgehead atoms. The smallest absolute Gasteiger partial charge is 0.271 e. The van der Waals surface area contributed by atoms with E-state index in [1.165, 1.54) is 18.8 Å². The number of aromatic nitrogens is 3. The number of rotatable bonds is 9. The van der Waals surface area contributed by atoms with Crippen LogP contribution in [-0.4, -0.2) is 47.1 Å². The monoisotopic (exact) mass is 444 g/mol. The molecule has 1 aliphatic carbocycles. The van der Waals surface area contributed by atoms with Gasteiger partial charge >= 0.3 is 0 Å². The molecule has 2 N–H and O–H groups in total. The first-order chi connectivity index (χ1) is 14.9. The SMILES string of the molecule is CCC[C@@H]1CCN1c1ncc(C(=O)NCc2cc(NS(=O)(=O)C3CC3)ccn2)nc1C. The van der Waals surface area contributed by atoms with Crippen molar-refractivity contribution in [3.05, 3.63) is 41.6 Å². The van der Waals surface area contributed by atoms with Crippen molar-refractivity contribution >= 4 is 27.4 Å². The minimum Gasteiger partial charge on any atom is -0.352 e. The molecule has 1 saturated heterocycles. The van der Waals surface area contributed by atoms with Gasteiger partial charge in [-0.15, -0.1) is 0 Å². The normalized spacial score (nSPS) is 18.4. The van der Waals surface area contributed by atoms with Crippen LogP contribution in [0.25, 0.3) is 0 Å². The predicted octanol–water partition coefficient (Wildman–Crippen LogP) is 2.39. The maximum absolute atomic E-state index is 12.5. The first-order valence-corrected chi connectivity index (χ1v) is 12.3. The van der Waals surface area contributed by atoms with Gasteiger partial charge < -0.3 is 10.2 Å². The van der Waals surface area contributed by atoms with E-state index >= 15 is 0 Å². The van der Waals surface area contributed by atoms with Crippen molar-refractivity contribution in [3.63, 3.8) is 0 Å². The van der Waals surface area contributed by atoms with Crippen LogP contribution >= 0.6 is 0 Å². The van der Waals surface area contributed by atoms with Crippen molar-refractivity contribution in [2.75, 3.05) is 16.2 Å². The fourth-order valence-electron chi connectivity index (χ4n) is 3.75. The average molecular weight is 445 g/mol. The van der Waals surface area contributed by atoms with E-state index in [-0.39, 0.29) is 23.4 Å². The zero-order chi connectivity index (χ0) is 22.0. The van der Waals surface area contributed by atoms with E-state index in [0.717, 1.165) is 30.9 Å². The van der Waals surface area contributed by atoms with Crippen molar-refractivity contribution in [1.29, 1.82) is 0 Å². The Morgan fingerprint density at radius 1 is 1.26 bits per heavy atom. The Kier molecular flexibility index (Phi) is 6.08. The Balaban J connectivity index is 1.37. The molecule has 2 aliphatic rings. The van der Waals surface area contributed by atoms with Gasteiger partial charge in [0.25, 0.3) is 5.91 Å². The molecule has 1 aliphatic heterocycles. The Morgan fingerprint density at radius 2 is 2.06 bits per heavy atom. The lowest BCUT2D eigenvalue weighted by molar-refractivity contribution is 0.0944. The molecule has 1 atom stereocenters. The quantitative estimate of drug-likeness (QED) is 0.610. The van der Waals surface area contributed by atoms with Crippen molar-refractivity contribution in [1.82, 2.24) is 20.3 Å². The van der Waals surface area contributed by atoms with E-state index < -0.39 is 10.0 Å². The number of anilines is 2. The number of aryl methyl sites for hydroxylation is 1. The molecule has 166 valence electrons. The van der Waals surface area contributed by atoms with Gasteiger partial charge in [-0.05, 0) is 44.7 Å². The number of hydrogen-bond donors (Lipinski definition) is 2. The fourth-order valence-corrected chi connectivity index (χ4v) is 5.12. The highest BCUT2D eigenvalue weighted by Crippen LogP contribution is 2.30. The van der Waals surface area contributed by atoms with Crippen LogP contribution < -0.4 is 14.9 Å². The standard InChI is InChI=1S/C21H28N6O3S/c1-3-4-17-8-10-27(17)20-14(2)25-19(13-23-20)21(28)24-12-16-11-15(7-9-22-16)26-31(29,30)18-5-6-18/h7,9,11,13,17-18H,3-6,8,10,12H2,1-2H3,(H,22,26)(H,24,28)/t17-/m1/s1. The molecule has 0 unspecified atom stereocenters. The van der Waals surface area contributed by atoms with Crippen LogP contribution in [0.2, 0.25) is 0 Å². The van der Waals surface area contributed by atoms with Gasteiger partial charge in [0.15, 0.2) is 0 Å². The number of carbonyl (C=O) groups excluding carboxylic acids is 1. The van der Waals surface area contributed by atoms with Gasteiger partial charge in [0.1, 0.15) is 11.5 Å². The van der Waals surface area contributed by atoms with Crippen LogP contribution in [0.15, 0.2) is 24.5 Å². The minimum absolute atomic E-state index is 0.158. The maximum atomic E-state index is 12.5. The fraction of sp³-hybridized carbons (Fsp3) is 0.524. The molecule has 2 aromatic heterocycles. The van der Waals surface area contributed by atoms with Gasteiger partial charge in [0.2, 0.25) is 10.0 Å². The number of amides is 1. The summed E-state index contributed by atoms with van der Waals surface area (Å²) in [6.45, 7) is 5.18. The van der Waals surface area contributed by atoms with E-state index in [1.54, 1.807) is 12.1 Å². The Bertz CT molecular complexity index is 1070. The Morgan fingerprint density at radius 3 is 2.71 bits per heavy atom. The number of hydrogen-bond acceptors (Lipinski definition) is 7. The van der Waals surface area contributed by atoms with Crippen LogP contribution in [0, 0.1) is 6.92 Å². The summed E-state index contributed by atoms with van der Waals surface area (Å²) < 4.78 is 26.8. The Hall–Kier alpha value is -2.75. The zero-order valence-corrected chi connectivity index (χ0v) is 18.7. The lowest BCUT2D eigenvalue weighted by atomic mass is 9.98. The molecule has 1 saturated carbocycles. The summed E-state index contributed by atoms with van der Waals surface area (Å²) in [5.74, 6) is 0.500. The van der Waals surface area contributed by atoms with Gasteiger partial charge in [-0.3, -0.25) is 14.5 Å². The van der Waals surface area contributed by atoms with Gasteiger partial charge in [-0.25, -0.2) is 18.4 Å². The highest BCUT2D eigenvalue weighted by atomic mass is 32.2. The summed E-state index contributed by atoms with van der Waals surface area (Å²) in [7, 11) is -3.34. The van der Waals surface area contributed by atoms with Crippen molar-refractivity contribution in [3.8, 4) is 0 Å². The highest BCUT2D eigenvalue weighted by Gasteiger charge is 2.35. The van der Waals surface area contributed by atoms with Crippen molar-refractivity contribution in [2.24, 2.45) is 0 Å². The molecule has 3 heterocycles. The number of carbonyl (C=O) groups is 1. The minimum atomic E-state index is -3.34. The summed E-state index contributed by atoms with van der Waals surface area (Å²) in [6, 6.07) is 3.73. The average Bonchev–Trinajstić information content (AvgIpc) is 3.57. The zero-order valence-electron chi connectivity index (χ0n) is 17.8. The van der Waals surface area contributed by atoms with E-state index in [1.807, 2.05) is 6.92 Å². The molecule has 31 heavy (non-hydrogen) atoms. The molecule has 10 heteroatoms. The predicted molar refractivity (Wildman–Crippen MR) is 118 cm³/mol. The van der Waals surface area contributed by atoms with Gasteiger partial charge in [0.05, 0.1) is 35.1 Å². The van der Waals surface area contributed by atoms with E-state index in [4.69, 9.17) is 0 Å². The first kappa shape index (κ1) is 21.5. The lowest BCUT2D eigenvalue weighted by Gasteiger charge is -2.42. The van der Waals surface area contributed by atoms with Gasteiger partial charge in [-0.1, -0.05) is 13.3 Å². The topological polar surface area (TPSA) is 117 Å². The summed E-state index contributed by atoms with van der Waals surface area (Å²) >= 11 is 0.